The fourth-order valence-electron chi connectivity index (χ4n) is 3.83. The van der Waals surface area contributed by atoms with Crippen LogP contribution in [0.25, 0.3) is 11.1 Å². The molecular weight excluding hydrogens is 539 g/mol. The summed E-state index contributed by atoms with van der Waals surface area (Å²) < 4.78 is 26.3. The first-order valence-corrected chi connectivity index (χ1v) is 13.8. The van der Waals surface area contributed by atoms with Crippen LogP contribution in [0.3, 0.4) is 0 Å². The lowest BCUT2D eigenvalue weighted by Gasteiger charge is -2.17. The highest BCUT2D eigenvalue weighted by atomic mass is 32.2. The molecule has 39 heavy (non-hydrogen) atoms. The summed E-state index contributed by atoms with van der Waals surface area (Å²) in [6.07, 6.45) is 1.34. The minimum absolute atomic E-state index is 0.0205. The molecule has 0 aliphatic heterocycles. The number of halogens is 1. The molecule has 0 fully saturated rings. The molecule has 1 unspecified atom stereocenters. The van der Waals surface area contributed by atoms with Crippen molar-refractivity contribution in [1.29, 1.82) is 0 Å². The number of amides is 1. The van der Waals surface area contributed by atoms with E-state index in [1.807, 2.05) is 42.7 Å². The second-order valence-electron chi connectivity index (χ2n) is 8.45. The minimum atomic E-state index is -0.600. The predicted molar refractivity (Wildman–Crippen MR) is 151 cm³/mol. The number of thioether (sulfide) groups is 1. The molecule has 1 atom stereocenters. The smallest absolute Gasteiger partial charge is 0.341 e. The molecule has 0 bridgehead atoms. The minimum Gasteiger partial charge on any atom is -0.482 e. The molecule has 1 N–H and O–H groups in total. The maximum Gasteiger partial charge on any atom is 0.341 e. The summed E-state index contributed by atoms with van der Waals surface area (Å²) in [6, 6.07) is 13.5. The van der Waals surface area contributed by atoms with Gasteiger partial charge in [-0.05, 0) is 43.2 Å². The molecule has 1 amide bonds. The molecule has 0 spiro atoms. The lowest BCUT2D eigenvalue weighted by molar-refractivity contribution is -0.113. The van der Waals surface area contributed by atoms with E-state index in [0.717, 1.165) is 11.3 Å². The van der Waals surface area contributed by atoms with Crippen LogP contribution in [0.15, 0.2) is 71.7 Å². The summed E-state index contributed by atoms with van der Waals surface area (Å²) in [6.45, 7) is 8.12. The standard InChI is InChI=1S/C28H27FN4O4S2/c1-5-14-33-25(18(3)37-22-9-7-6-8-17(22)2)31-32-28(33)39-16-23(34)30-26-24(27(35)36-4)21(15-38-26)19-10-12-20(29)13-11-19/h5-13,15,18H,1,14,16H2,2-4H3,(H,30,34). The Morgan fingerprint density at radius 1 is 1.21 bits per heavy atom. The molecule has 11 heteroatoms. The molecule has 0 aliphatic carbocycles. The van der Waals surface area contributed by atoms with Crippen molar-refractivity contribution in [2.75, 3.05) is 18.2 Å². The average molecular weight is 567 g/mol. The summed E-state index contributed by atoms with van der Waals surface area (Å²) in [7, 11) is 1.27. The number of nitrogens with one attached hydrogen (secondary N) is 1. The van der Waals surface area contributed by atoms with Crippen LogP contribution in [-0.4, -0.2) is 39.5 Å². The Bertz CT molecular complexity index is 1480. The summed E-state index contributed by atoms with van der Waals surface area (Å²) in [5.41, 5.74) is 2.41. The maximum atomic E-state index is 13.4. The first-order valence-electron chi connectivity index (χ1n) is 12.0. The van der Waals surface area contributed by atoms with Gasteiger partial charge >= 0.3 is 5.97 Å². The van der Waals surface area contributed by atoms with E-state index in [0.29, 0.717) is 33.7 Å². The molecule has 4 rings (SSSR count). The van der Waals surface area contributed by atoms with Gasteiger partial charge in [0.05, 0.1) is 12.9 Å². The Labute approximate surface area is 233 Å². The van der Waals surface area contributed by atoms with Gasteiger partial charge in [0.1, 0.15) is 22.1 Å². The summed E-state index contributed by atoms with van der Waals surface area (Å²) in [5, 5.41) is 14.0. The van der Waals surface area contributed by atoms with Gasteiger partial charge in [0.25, 0.3) is 0 Å². The number of rotatable bonds is 11. The van der Waals surface area contributed by atoms with E-state index in [2.05, 4.69) is 22.1 Å². The maximum absolute atomic E-state index is 13.4. The zero-order chi connectivity index (χ0) is 27.9. The number of carbonyl (C=O) groups is 2. The van der Waals surface area contributed by atoms with Crippen LogP contribution in [0, 0.1) is 12.7 Å². The van der Waals surface area contributed by atoms with Crippen LogP contribution in [-0.2, 0) is 16.1 Å². The Hall–Kier alpha value is -3.96. The van der Waals surface area contributed by atoms with E-state index in [1.165, 1.54) is 42.3 Å². The summed E-state index contributed by atoms with van der Waals surface area (Å²) >= 11 is 2.40. The van der Waals surface area contributed by atoms with E-state index in [4.69, 9.17) is 9.47 Å². The average Bonchev–Trinajstić information content (AvgIpc) is 3.53. The molecule has 0 aliphatic rings. The Kier molecular flexibility index (Phi) is 9.15. The Balaban J connectivity index is 1.48. The van der Waals surface area contributed by atoms with E-state index in [-0.39, 0.29) is 29.1 Å². The highest BCUT2D eigenvalue weighted by Gasteiger charge is 2.24. The van der Waals surface area contributed by atoms with Crippen LogP contribution in [0.1, 0.15) is 34.8 Å². The summed E-state index contributed by atoms with van der Waals surface area (Å²) in [5.74, 6) is 0.0587. The number of esters is 1. The van der Waals surface area contributed by atoms with Gasteiger partial charge in [0.15, 0.2) is 17.1 Å². The lowest BCUT2D eigenvalue weighted by Crippen LogP contribution is -2.17. The van der Waals surface area contributed by atoms with Crippen molar-refractivity contribution in [1.82, 2.24) is 14.8 Å². The first kappa shape index (κ1) is 28.1. The van der Waals surface area contributed by atoms with Crippen molar-refractivity contribution < 1.29 is 23.5 Å². The zero-order valence-corrected chi connectivity index (χ0v) is 23.3. The van der Waals surface area contributed by atoms with E-state index >= 15 is 0 Å². The third kappa shape index (κ3) is 6.55. The number of aryl methyl sites for hydroxylation is 1. The van der Waals surface area contributed by atoms with Crippen LogP contribution < -0.4 is 10.1 Å². The summed E-state index contributed by atoms with van der Waals surface area (Å²) in [4.78, 5) is 25.5. The van der Waals surface area contributed by atoms with Crippen molar-refractivity contribution in [3.05, 3.63) is 89.3 Å². The number of anilines is 1. The number of nitrogens with zero attached hydrogens (tertiary/aromatic N) is 3. The zero-order valence-electron chi connectivity index (χ0n) is 21.6. The van der Waals surface area contributed by atoms with Crippen LogP contribution in [0.5, 0.6) is 5.75 Å². The SMILES string of the molecule is C=CCn1c(SCC(=O)Nc2scc(-c3ccc(F)cc3)c2C(=O)OC)nnc1C(C)Oc1ccccc1C. The van der Waals surface area contributed by atoms with E-state index in [9.17, 15) is 14.0 Å². The number of hydrogen-bond donors (Lipinski definition) is 1. The molecule has 4 aromatic rings. The Morgan fingerprint density at radius 2 is 1.95 bits per heavy atom. The number of para-hydroxylation sites is 1. The molecule has 2 aromatic heterocycles. The topological polar surface area (TPSA) is 95.3 Å². The predicted octanol–water partition coefficient (Wildman–Crippen LogP) is 6.30. The van der Waals surface area contributed by atoms with Gasteiger partial charge in [-0.1, -0.05) is 48.2 Å². The quantitative estimate of drug-likeness (QED) is 0.129. The fourth-order valence-corrected chi connectivity index (χ4v) is 5.56. The van der Waals surface area contributed by atoms with Gasteiger partial charge in [0, 0.05) is 17.5 Å². The molecule has 8 nitrogen and oxygen atoms in total. The number of benzene rings is 2. The molecular formula is C28H27FN4O4S2. The van der Waals surface area contributed by atoms with Crippen molar-refractivity contribution >= 4 is 40.0 Å². The molecule has 0 saturated heterocycles. The van der Waals surface area contributed by atoms with Crippen molar-refractivity contribution in [3.8, 4) is 16.9 Å². The number of aromatic nitrogens is 3. The number of allylic oxidation sites excluding steroid dienone is 1. The normalized spacial score (nSPS) is 11.6. The highest BCUT2D eigenvalue weighted by molar-refractivity contribution is 7.99. The molecule has 2 aromatic carbocycles. The molecule has 2 heterocycles. The van der Waals surface area contributed by atoms with Gasteiger partial charge in [-0.15, -0.1) is 28.1 Å². The first-order chi connectivity index (χ1) is 18.8. The van der Waals surface area contributed by atoms with Crippen molar-refractivity contribution in [2.24, 2.45) is 0 Å². The van der Waals surface area contributed by atoms with E-state index < -0.39 is 5.97 Å². The second kappa shape index (κ2) is 12.7. The third-order valence-electron chi connectivity index (χ3n) is 5.74. The van der Waals surface area contributed by atoms with Crippen molar-refractivity contribution in [2.45, 2.75) is 31.7 Å². The van der Waals surface area contributed by atoms with Gasteiger partial charge in [-0.25, -0.2) is 9.18 Å². The number of methoxy groups -OCH3 is 1. The number of carbonyl (C=O) groups excluding carboxylic acids is 2. The number of hydrogen-bond acceptors (Lipinski definition) is 8. The largest absolute Gasteiger partial charge is 0.482 e. The molecule has 0 saturated carbocycles. The van der Waals surface area contributed by atoms with Crippen LogP contribution in [0.2, 0.25) is 0 Å². The van der Waals surface area contributed by atoms with Crippen LogP contribution >= 0.6 is 23.1 Å². The highest BCUT2D eigenvalue weighted by Crippen LogP contribution is 2.36. The van der Waals surface area contributed by atoms with Gasteiger partial charge in [0.2, 0.25) is 5.91 Å². The molecule has 0 radical (unpaired) electrons. The third-order valence-corrected chi connectivity index (χ3v) is 7.60. The number of thiophene rings is 1. The van der Waals surface area contributed by atoms with E-state index in [1.54, 1.807) is 23.6 Å². The lowest BCUT2D eigenvalue weighted by atomic mass is 10.0. The van der Waals surface area contributed by atoms with Gasteiger partial charge in [-0.2, -0.15) is 0 Å². The van der Waals surface area contributed by atoms with Crippen LogP contribution in [0.4, 0.5) is 9.39 Å². The van der Waals surface area contributed by atoms with Crippen molar-refractivity contribution in [3.63, 3.8) is 0 Å². The number of ether oxygens (including phenoxy) is 2. The van der Waals surface area contributed by atoms with Gasteiger partial charge in [-0.3, -0.25) is 9.36 Å². The second-order valence-corrected chi connectivity index (χ2v) is 10.3. The van der Waals surface area contributed by atoms with Gasteiger partial charge < -0.3 is 14.8 Å². The molecule has 202 valence electrons. The monoisotopic (exact) mass is 566 g/mol. The Morgan fingerprint density at radius 3 is 2.64 bits per heavy atom. The fraction of sp³-hybridized carbons (Fsp3) is 0.214.